The molecule has 1 aliphatic heterocycles. The molecule has 2 aliphatic carbocycles. The molecule has 6 rings (SSSR count). The molecule has 0 aromatic heterocycles. The van der Waals surface area contributed by atoms with Crippen LogP contribution in [0.5, 0.6) is 0 Å². The third-order valence-corrected chi connectivity index (χ3v) is 9.46. The van der Waals surface area contributed by atoms with Crippen molar-refractivity contribution >= 4 is 23.2 Å². The van der Waals surface area contributed by atoms with Crippen LogP contribution in [0, 0.1) is 5.92 Å². The zero-order valence-corrected chi connectivity index (χ0v) is 25.3. The largest absolute Gasteiger partial charge is 0.370 e. The molecule has 0 spiro atoms. The maximum absolute atomic E-state index is 13.7. The highest BCUT2D eigenvalue weighted by molar-refractivity contribution is 5.98. The third-order valence-electron chi connectivity index (χ3n) is 9.46. The number of hydrogen-bond donors (Lipinski definition) is 2. The molecule has 3 aromatic carbocycles. The Labute approximate surface area is 256 Å². The molecule has 0 bridgehead atoms. The van der Waals surface area contributed by atoms with E-state index in [2.05, 4.69) is 57.6 Å². The van der Waals surface area contributed by atoms with Crippen molar-refractivity contribution in [2.45, 2.75) is 89.3 Å². The first kappa shape index (κ1) is 29.4. The van der Waals surface area contributed by atoms with Crippen molar-refractivity contribution in [1.29, 1.82) is 0 Å². The Kier molecular flexibility index (Phi) is 9.42. The summed E-state index contributed by atoms with van der Waals surface area (Å²) in [5.41, 5.74) is 12.6. The van der Waals surface area contributed by atoms with Crippen molar-refractivity contribution < 1.29 is 9.59 Å². The van der Waals surface area contributed by atoms with Gasteiger partial charge in [0.15, 0.2) is 0 Å². The van der Waals surface area contributed by atoms with Crippen molar-refractivity contribution in [2.24, 2.45) is 11.7 Å². The summed E-state index contributed by atoms with van der Waals surface area (Å²) in [5.74, 6) is 0.461. The third kappa shape index (κ3) is 7.66. The number of nitrogens with zero attached hydrogens (tertiary/aromatic N) is 2. The molecule has 3 fully saturated rings. The van der Waals surface area contributed by atoms with Gasteiger partial charge in [-0.05, 0) is 91.8 Å². The fraction of sp³-hybridized carbons (Fsp3) is 0.459. The van der Waals surface area contributed by atoms with E-state index in [1.165, 1.54) is 25.7 Å². The van der Waals surface area contributed by atoms with Crippen molar-refractivity contribution in [3.8, 4) is 11.1 Å². The van der Waals surface area contributed by atoms with Crippen LogP contribution in [0.2, 0.25) is 0 Å². The molecular formula is C37H46N4O2. The minimum atomic E-state index is 0.141. The predicted molar refractivity (Wildman–Crippen MR) is 175 cm³/mol. The van der Waals surface area contributed by atoms with E-state index in [-0.39, 0.29) is 29.8 Å². The lowest BCUT2D eigenvalue weighted by Gasteiger charge is -2.36. The summed E-state index contributed by atoms with van der Waals surface area (Å²) in [4.78, 5) is 31.2. The Morgan fingerprint density at radius 3 is 2.19 bits per heavy atom. The lowest BCUT2D eigenvalue weighted by Crippen LogP contribution is -2.44. The van der Waals surface area contributed by atoms with Gasteiger partial charge in [-0.25, -0.2) is 0 Å². The molecule has 1 heterocycles. The zero-order valence-electron chi connectivity index (χ0n) is 25.3. The van der Waals surface area contributed by atoms with E-state index in [9.17, 15) is 9.59 Å². The van der Waals surface area contributed by atoms with Crippen LogP contribution in [0.15, 0.2) is 72.8 Å². The summed E-state index contributed by atoms with van der Waals surface area (Å²) in [6.45, 7) is 2.64. The first-order valence-corrected chi connectivity index (χ1v) is 16.4. The highest BCUT2D eigenvalue weighted by Gasteiger charge is 2.31. The van der Waals surface area contributed by atoms with Gasteiger partial charge in [-0.1, -0.05) is 67.4 Å². The molecular weight excluding hydrogens is 532 g/mol. The summed E-state index contributed by atoms with van der Waals surface area (Å²) in [5, 5.41) is 3.29. The second-order valence-electron chi connectivity index (χ2n) is 12.8. The highest BCUT2D eigenvalue weighted by Crippen LogP contribution is 2.36. The molecule has 3 aromatic rings. The highest BCUT2D eigenvalue weighted by atomic mass is 16.2. The van der Waals surface area contributed by atoms with Gasteiger partial charge in [-0.3, -0.25) is 9.59 Å². The first-order valence-electron chi connectivity index (χ1n) is 16.4. The monoisotopic (exact) mass is 578 g/mol. The summed E-state index contributed by atoms with van der Waals surface area (Å²) < 4.78 is 0. The van der Waals surface area contributed by atoms with Gasteiger partial charge in [0, 0.05) is 37.6 Å². The van der Waals surface area contributed by atoms with Gasteiger partial charge in [-0.15, -0.1) is 0 Å². The molecule has 6 nitrogen and oxygen atoms in total. The van der Waals surface area contributed by atoms with Crippen LogP contribution in [0.3, 0.4) is 0 Å². The molecule has 2 saturated carbocycles. The fourth-order valence-corrected chi connectivity index (χ4v) is 6.74. The zero-order chi connectivity index (χ0) is 29.6. The summed E-state index contributed by atoms with van der Waals surface area (Å²) >= 11 is 0. The molecule has 43 heavy (non-hydrogen) atoms. The van der Waals surface area contributed by atoms with E-state index in [1.54, 1.807) is 0 Å². The Bertz CT molecular complexity index is 1390. The van der Waals surface area contributed by atoms with Crippen LogP contribution >= 0.6 is 0 Å². The SMILES string of the molecule is NC1CCC(N(Cc2cccc(-c3ccc(N4CCCCCC4)c(NC(=O)C4CC4)c3)c2)C(=O)Cc2ccccc2)CC1. The Balaban J connectivity index is 1.25. The van der Waals surface area contributed by atoms with E-state index >= 15 is 0 Å². The van der Waals surface area contributed by atoms with Crippen LogP contribution in [-0.2, 0) is 22.6 Å². The molecule has 0 unspecified atom stereocenters. The molecule has 2 amide bonds. The number of hydrogen-bond acceptors (Lipinski definition) is 4. The van der Waals surface area contributed by atoms with Crippen LogP contribution in [0.4, 0.5) is 11.4 Å². The van der Waals surface area contributed by atoms with Gasteiger partial charge in [0.05, 0.1) is 17.8 Å². The predicted octanol–water partition coefficient (Wildman–Crippen LogP) is 6.92. The Hall–Kier alpha value is -3.64. The smallest absolute Gasteiger partial charge is 0.227 e. The topological polar surface area (TPSA) is 78.7 Å². The summed E-state index contributed by atoms with van der Waals surface area (Å²) in [6, 6.07) is 25.6. The summed E-state index contributed by atoms with van der Waals surface area (Å²) in [7, 11) is 0. The molecule has 0 radical (unpaired) electrons. The van der Waals surface area contributed by atoms with Gasteiger partial charge >= 0.3 is 0 Å². The molecule has 3 aliphatic rings. The van der Waals surface area contributed by atoms with Crippen LogP contribution in [-0.4, -0.2) is 41.9 Å². The maximum atomic E-state index is 13.7. The number of rotatable bonds is 9. The maximum Gasteiger partial charge on any atom is 0.227 e. The normalized spacial score (nSPS) is 20.7. The second-order valence-corrected chi connectivity index (χ2v) is 12.8. The molecule has 0 atom stereocenters. The van der Waals surface area contributed by atoms with Gasteiger partial charge in [0.2, 0.25) is 11.8 Å². The number of nitrogens with two attached hydrogens (primary N) is 1. The van der Waals surface area contributed by atoms with E-state index in [4.69, 9.17) is 5.73 Å². The van der Waals surface area contributed by atoms with Gasteiger partial charge in [-0.2, -0.15) is 0 Å². The van der Waals surface area contributed by atoms with Gasteiger partial charge in [0.1, 0.15) is 0 Å². The number of amides is 2. The quantitative estimate of drug-likeness (QED) is 0.289. The van der Waals surface area contributed by atoms with Crippen LogP contribution in [0.1, 0.15) is 75.3 Å². The van der Waals surface area contributed by atoms with E-state index in [0.29, 0.717) is 13.0 Å². The lowest BCUT2D eigenvalue weighted by molar-refractivity contribution is -0.134. The number of carbonyl (C=O) groups excluding carboxylic acids is 2. The molecule has 226 valence electrons. The minimum Gasteiger partial charge on any atom is -0.370 e. The standard InChI is InChI=1S/C37H46N4O2/c38-32-16-18-33(19-17-32)41(36(42)24-27-9-4-3-5-10-27)26-28-11-8-12-30(23-28)31-15-20-35(40-21-6-1-2-7-22-40)34(25-31)39-37(43)29-13-14-29/h3-5,8-12,15,20,23,25,29,32-33H,1-2,6-7,13-14,16-19,21-22,24,26,38H2,(H,39,43). The number of anilines is 2. The fourth-order valence-electron chi connectivity index (χ4n) is 6.74. The minimum absolute atomic E-state index is 0.141. The van der Waals surface area contributed by atoms with Crippen molar-refractivity contribution in [2.75, 3.05) is 23.3 Å². The lowest BCUT2D eigenvalue weighted by atomic mass is 9.90. The number of carbonyl (C=O) groups is 2. The average Bonchev–Trinajstić information content (AvgIpc) is 3.90. The summed E-state index contributed by atoms with van der Waals surface area (Å²) in [6.07, 6.45) is 11.1. The second kappa shape index (κ2) is 13.8. The van der Waals surface area contributed by atoms with Gasteiger partial charge in [0.25, 0.3) is 0 Å². The number of benzene rings is 3. The number of nitrogens with one attached hydrogen (secondary N) is 1. The molecule has 1 saturated heterocycles. The van der Waals surface area contributed by atoms with E-state index in [0.717, 1.165) is 85.2 Å². The van der Waals surface area contributed by atoms with Crippen LogP contribution < -0.4 is 16.0 Å². The van der Waals surface area contributed by atoms with Gasteiger partial charge < -0.3 is 20.9 Å². The first-order chi connectivity index (χ1) is 21.0. The van der Waals surface area contributed by atoms with Crippen molar-refractivity contribution in [3.63, 3.8) is 0 Å². The van der Waals surface area contributed by atoms with E-state index < -0.39 is 0 Å². The molecule has 6 heteroatoms. The van der Waals surface area contributed by atoms with Crippen molar-refractivity contribution in [1.82, 2.24) is 4.90 Å². The Morgan fingerprint density at radius 2 is 1.47 bits per heavy atom. The average molecular weight is 579 g/mol. The molecule has 3 N–H and O–H groups in total. The van der Waals surface area contributed by atoms with Crippen molar-refractivity contribution in [3.05, 3.63) is 83.9 Å². The Morgan fingerprint density at radius 1 is 0.767 bits per heavy atom. The van der Waals surface area contributed by atoms with E-state index in [1.807, 2.05) is 30.3 Å². The van der Waals surface area contributed by atoms with Crippen LogP contribution in [0.25, 0.3) is 11.1 Å².